The van der Waals surface area contributed by atoms with Crippen molar-refractivity contribution in [2.24, 2.45) is 0 Å². The van der Waals surface area contributed by atoms with Gasteiger partial charge in [-0.3, -0.25) is 0 Å². The van der Waals surface area contributed by atoms with Crippen molar-refractivity contribution in [3.05, 3.63) is 12.4 Å². The third-order valence-corrected chi connectivity index (χ3v) is 8.57. The van der Waals surface area contributed by atoms with Gasteiger partial charge in [-0.2, -0.15) is 0 Å². The lowest BCUT2D eigenvalue weighted by Crippen LogP contribution is -2.39. The molecule has 0 aromatic rings. The van der Waals surface area contributed by atoms with Crippen LogP contribution in [-0.4, -0.2) is 29.1 Å². The van der Waals surface area contributed by atoms with Gasteiger partial charge in [-0.05, 0) is 25.7 Å². The highest BCUT2D eigenvalue weighted by molar-refractivity contribution is 4.97. The molecule has 0 spiro atoms. The summed E-state index contributed by atoms with van der Waals surface area (Å²) in [5, 5.41) is 0. The van der Waals surface area contributed by atoms with Gasteiger partial charge >= 0.3 is 0 Å². The summed E-state index contributed by atoms with van der Waals surface area (Å²) < 4.78 is 0. The number of hydrogen-bond acceptors (Lipinski definition) is 2. The van der Waals surface area contributed by atoms with E-state index < -0.39 is 0 Å². The van der Waals surface area contributed by atoms with Crippen LogP contribution in [0.2, 0.25) is 0 Å². The van der Waals surface area contributed by atoms with Crippen LogP contribution < -0.4 is 0 Å². The zero-order valence-electron chi connectivity index (χ0n) is 26.1. The van der Waals surface area contributed by atoms with E-state index >= 15 is 0 Å². The monoisotopic (exact) mass is 519 g/mol. The molecule has 1 rings (SSSR count). The molecule has 1 heterocycles. The van der Waals surface area contributed by atoms with E-state index in [-0.39, 0.29) is 0 Å². The minimum absolute atomic E-state index is 0.643. The van der Waals surface area contributed by atoms with E-state index in [1.54, 1.807) is 0 Å². The minimum atomic E-state index is 0.643. The second-order valence-electron chi connectivity index (χ2n) is 12.2. The molecule has 0 saturated carbocycles. The van der Waals surface area contributed by atoms with Gasteiger partial charge < -0.3 is 9.80 Å². The molecule has 1 aliphatic heterocycles. The zero-order valence-corrected chi connectivity index (χ0v) is 26.1. The predicted octanol–water partition coefficient (Wildman–Crippen LogP) is 12.0. The topological polar surface area (TPSA) is 6.48 Å². The molecule has 2 nitrogen and oxygen atoms in total. The maximum absolute atomic E-state index is 2.68. The Labute approximate surface area is 235 Å². The second-order valence-corrected chi connectivity index (χ2v) is 12.2. The first-order valence-corrected chi connectivity index (χ1v) is 17.5. The van der Waals surface area contributed by atoms with Crippen molar-refractivity contribution in [1.82, 2.24) is 9.80 Å². The van der Waals surface area contributed by atoms with Gasteiger partial charge in [-0.15, -0.1) is 0 Å². The van der Waals surface area contributed by atoms with E-state index in [0.717, 1.165) is 0 Å². The highest BCUT2D eigenvalue weighted by Gasteiger charge is 2.24. The maximum atomic E-state index is 2.68. The molecule has 0 unspecified atom stereocenters. The van der Waals surface area contributed by atoms with Crippen molar-refractivity contribution >= 4 is 0 Å². The van der Waals surface area contributed by atoms with Crippen LogP contribution in [0, 0.1) is 0 Å². The first-order chi connectivity index (χ1) is 18.3. The molecule has 2 heteroatoms. The molecule has 0 saturated heterocycles. The first kappa shape index (κ1) is 34.4. The lowest BCUT2D eigenvalue weighted by molar-refractivity contribution is 0.135. The van der Waals surface area contributed by atoms with Crippen molar-refractivity contribution in [1.29, 1.82) is 0 Å². The highest BCUT2D eigenvalue weighted by Crippen LogP contribution is 2.24. The smallest absolute Gasteiger partial charge is 0.101 e. The Hall–Kier alpha value is -0.660. The van der Waals surface area contributed by atoms with Gasteiger partial charge in [0.1, 0.15) is 6.17 Å². The van der Waals surface area contributed by atoms with Gasteiger partial charge in [0.15, 0.2) is 0 Å². The van der Waals surface area contributed by atoms with Gasteiger partial charge in [0.05, 0.1) is 0 Å². The Morgan fingerprint density at radius 1 is 0.351 bits per heavy atom. The summed E-state index contributed by atoms with van der Waals surface area (Å²) in [4.78, 5) is 5.37. The Balaban J connectivity index is 2.09. The number of nitrogens with zero attached hydrogens (tertiary/aromatic N) is 2. The van der Waals surface area contributed by atoms with Crippen LogP contribution >= 0.6 is 0 Å². The van der Waals surface area contributed by atoms with Gasteiger partial charge in [0.2, 0.25) is 0 Å². The molecule has 1 aliphatic rings. The van der Waals surface area contributed by atoms with Crippen molar-refractivity contribution < 1.29 is 0 Å². The summed E-state index contributed by atoms with van der Waals surface area (Å²) in [5.41, 5.74) is 0. The van der Waals surface area contributed by atoms with Crippen LogP contribution in [0.1, 0.15) is 194 Å². The molecule has 0 N–H and O–H groups in total. The van der Waals surface area contributed by atoms with Crippen LogP contribution in [0.4, 0.5) is 0 Å². The normalized spacial score (nSPS) is 13.9. The molecular weight excluding hydrogens is 448 g/mol. The summed E-state index contributed by atoms with van der Waals surface area (Å²) >= 11 is 0. The summed E-state index contributed by atoms with van der Waals surface area (Å²) in [5.74, 6) is 0. The summed E-state index contributed by atoms with van der Waals surface area (Å²) in [6, 6.07) is 0. The molecule has 0 aromatic heterocycles. The SMILES string of the molecule is CCCCCCCCCCCCCCCCCCC1N(CCCCCCC)C=CN1CCCCCCC. The van der Waals surface area contributed by atoms with Crippen LogP contribution in [0.5, 0.6) is 0 Å². The third kappa shape index (κ3) is 20.0. The molecule has 0 amide bonds. The van der Waals surface area contributed by atoms with E-state index in [4.69, 9.17) is 0 Å². The fourth-order valence-electron chi connectivity index (χ4n) is 6.01. The average molecular weight is 519 g/mol. The molecule has 37 heavy (non-hydrogen) atoms. The second kappa shape index (κ2) is 26.9. The van der Waals surface area contributed by atoms with E-state index in [1.165, 1.54) is 186 Å². The predicted molar refractivity (Wildman–Crippen MR) is 168 cm³/mol. The molecular formula is C35H70N2. The third-order valence-electron chi connectivity index (χ3n) is 8.57. The number of hydrogen-bond donors (Lipinski definition) is 0. The fourth-order valence-corrected chi connectivity index (χ4v) is 6.01. The van der Waals surface area contributed by atoms with Crippen LogP contribution in [0.25, 0.3) is 0 Å². The van der Waals surface area contributed by atoms with Crippen molar-refractivity contribution in [2.75, 3.05) is 13.1 Å². The van der Waals surface area contributed by atoms with E-state index in [2.05, 4.69) is 43.0 Å². The lowest BCUT2D eigenvalue weighted by atomic mass is 10.0. The van der Waals surface area contributed by atoms with Gasteiger partial charge in [0.25, 0.3) is 0 Å². The molecule has 0 aliphatic carbocycles. The molecule has 220 valence electrons. The largest absolute Gasteiger partial charge is 0.356 e. The standard InChI is InChI=1S/C35H70N2/c1-4-7-10-13-14-15-16-17-18-19-20-21-22-23-24-27-30-35-36(31-28-25-11-8-5-2)33-34-37(35)32-29-26-12-9-6-3/h33-35H,4-32H2,1-3H3. The Kier molecular flexibility index (Phi) is 25.0. The fraction of sp³-hybridized carbons (Fsp3) is 0.943. The van der Waals surface area contributed by atoms with Crippen molar-refractivity contribution in [3.63, 3.8) is 0 Å². The van der Waals surface area contributed by atoms with Gasteiger partial charge in [-0.25, -0.2) is 0 Å². The summed E-state index contributed by atoms with van der Waals surface area (Å²) in [7, 11) is 0. The lowest BCUT2D eigenvalue weighted by Gasteiger charge is -2.33. The van der Waals surface area contributed by atoms with Crippen molar-refractivity contribution in [3.8, 4) is 0 Å². The zero-order chi connectivity index (χ0) is 26.7. The first-order valence-electron chi connectivity index (χ1n) is 17.5. The maximum Gasteiger partial charge on any atom is 0.101 e. The average Bonchev–Trinajstić information content (AvgIpc) is 3.29. The van der Waals surface area contributed by atoms with Crippen LogP contribution in [0.15, 0.2) is 12.4 Å². The minimum Gasteiger partial charge on any atom is -0.356 e. The molecule has 0 fully saturated rings. The quantitative estimate of drug-likeness (QED) is 0.0908. The Bertz CT molecular complexity index is 450. The highest BCUT2D eigenvalue weighted by atomic mass is 15.4. The van der Waals surface area contributed by atoms with Crippen LogP contribution in [0.3, 0.4) is 0 Å². The van der Waals surface area contributed by atoms with E-state index in [1.807, 2.05) is 0 Å². The van der Waals surface area contributed by atoms with E-state index in [0.29, 0.717) is 6.17 Å². The molecule has 0 bridgehead atoms. The Morgan fingerprint density at radius 2 is 0.622 bits per heavy atom. The number of unbranched alkanes of at least 4 members (excludes halogenated alkanes) is 23. The summed E-state index contributed by atoms with van der Waals surface area (Å²) in [6.07, 6.45) is 44.0. The molecule has 0 radical (unpaired) electrons. The number of rotatable bonds is 29. The van der Waals surface area contributed by atoms with Gasteiger partial charge in [-0.1, -0.05) is 168 Å². The van der Waals surface area contributed by atoms with Crippen molar-refractivity contribution in [2.45, 2.75) is 200 Å². The summed E-state index contributed by atoms with van der Waals surface area (Å²) in [6.45, 7) is 9.46. The van der Waals surface area contributed by atoms with Crippen LogP contribution in [-0.2, 0) is 0 Å². The molecule has 0 aromatic carbocycles. The van der Waals surface area contributed by atoms with E-state index in [9.17, 15) is 0 Å². The molecule has 0 atom stereocenters. The van der Waals surface area contributed by atoms with Gasteiger partial charge in [0, 0.05) is 25.5 Å². The Morgan fingerprint density at radius 3 is 0.946 bits per heavy atom.